The second-order valence-corrected chi connectivity index (χ2v) is 10.1. The molecule has 0 spiro atoms. The van der Waals surface area contributed by atoms with Crippen LogP contribution in [0.2, 0.25) is 0 Å². The molecule has 1 amide bonds. The largest absolute Gasteiger partial charge is 0.341 e. The molecule has 5 rings (SSSR count). The lowest BCUT2D eigenvalue weighted by Crippen LogP contribution is -2.40. The first-order valence-electron chi connectivity index (χ1n) is 11.6. The standard InChI is InChI=1S/C27H27FN4OS/c1-18-14-22(8-9-23(18)28)24-15-25(20-6-4-3-5-7-20)32(30-24)17-26(33)31-12-10-21(11-13-31)27-29-16-19(2)34-27/h3-9,14-16,21H,10-13,17H2,1-2H3. The molecule has 0 saturated carbocycles. The van der Waals surface area contributed by atoms with E-state index in [0.29, 0.717) is 11.5 Å². The van der Waals surface area contributed by atoms with Gasteiger partial charge in [0.25, 0.3) is 0 Å². The van der Waals surface area contributed by atoms with Crippen LogP contribution in [-0.2, 0) is 11.3 Å². The molecule has 4 aromatic rings. The number of carbonyl (C=O) groups is 1. The zero-order valence-electron chi connectivity index (χ0n) is 19.4. The number of carbonyl (C=O) groups excluding carboxylic acids is 1. The molecule has 34 heavy (non-hydrogen) atoms. The minimum absolute atomic E-state index is 0.0656. The van der Waals surface area contributed by atoms with Crippen LogP contribution >= 0.6 is 11.3 Å². The van der Waals surface area contributed by atoms with Gasteiger partial charge in [-0.15, -0.1) is 11.3 Å². The lowest BCUT2D eigenvalue weighted by molar-refractivity contribution is -0.133. The molecule has 5 nitrogen and oxygen atoms in total. The van der Waals surface area contributed by atoms with Gasteiger partial charge in [-0.05, 0) is 62.1 Å². The molecule has 174 valence electrons. The first-order chi connectivity index (χ1) is 16.5. The number of thiazole rings is 1. The average molecular weight is 475 g/mol. The normalized spacial score (nSPS) is 14.5. The molecule has 0 aliphatic carbocycles. The molecule has 1 saturated heterocycles. The van der Waals surface area contributed by atoms with Crippen LogP contribution in [0, 0.1) is 19.7 Å². The van der Waals surface area contributed by atoms with Crippen LogP contribution in [0.4, 0.5) is 4.39 Å². The van der Waals surface area contributed by atoms with Gasteiger partial charge in [0.2, 0.25) is 5.91 Å². The van der Waals surface area contributed by atoms with E-state index < -0.39 is 0 Å². The SMILES string of the molecule is Cc1cnc(C2CCN(C(=O)Cn3nc(-c4ccc(F)c(C)c4)cc3-c3ccccc3)CC2)s1. The molecule has 3 heterocycles. The number of halogens is 1. The van der Waals surface area contributed by atoms with E-state index in [-0.39, 0.29) is 18.3 Å². The highest BCUT2D eigenvalue weighted by Gasteiger charge is 2.26. The Hall–Kier alpha value is -3.32. The van der Waals surface area contributed by atoms with Crippen molar-refractivity contribution in [1.82, 2.24) is 19.7 Å². The third kappa shape index (κ3) is 4.66. The molecule has 7 heteroatoms. The van der Waals surface area contributed by atoms with Crippen LogP contribution in [0.25, 0.3) is 22.5 Å². The minimum Gasteiger partial charge on any atom is -0.341 e. The monoisotopic (exact) mass is 474 g/mol. The Morgan fingerprint density at radius 3 is 2.50 bits per heavy atom. The fourth-order valence-corrected chi connectivity index (χ4v) is 5.43. The third-order valence-corrected chi connectivity index (χ3v) is 7.50. The van der Waals surface area contributed by atoms with E-state index in [0.717, 1.165) is 48.4 Å². The molecule has 0 N–H and O–H groups in total. The fourth-order valence-electron chi connectivity index (χ4n) is 4.49. The number of hydrogen-bond acceptors (Lipinski definition) is 4. The summed E-state index contributed by atoms with van der Waals surface area (Å²) in [5.41, 5.74) is 4.00. The summed E-state index contributed by atoms with van der Waals surface area (Å²) in [5, 5.41) is 5.95. The Bertz CT molecular complexity index is 1310. The summed E-state index contributed by atoms with van der Waals surface area (Å²) < 4.78 is 15.6. The number of benzene rings is 2. The van der Waals surface area contributed by atoms with Crippen LogP contribution < -0.4 is 0 Å². The summed E-state index contributed by atoms with van der Waals surface area (Å²) in [4.78, 5) is 21.0. The number of amides is 1. The number of likely N-dealkylation sites (tertiary alicyclic amines) is 1. The molecular weight excluding hydrogens is 447 g/mol. The molecule has 2 aromatic heterocycles. The Morgan fingerprint density at radius 1 is 1.06 bits per heavy atom. The van der Waals surface area contributed by atoms with E-state index >= 15 is 0 Å². The molecule has 1 aliphatic heterocycles. The number of aryl methyl sites for hydroxylation is 2. The fraction of sp³-hybridized carbons (Fsp3) is 0.296. The summed E-state index contributed by atoms with van der Waals surface area (Å²) in [7, 11) is 0. The van der Waals surface area contributed by atoms with Crippen molar-refractivity contribution in [2.45, 2.75) is 39.2 Å². The van der Waals surface area contributed by atoms with E-state index in [9.17, 15) is 9.18 Å². The number of nitrogens with zero attached hydrogens (tertiary/aromatic N) is 4. The van der Waals surface area contributed by atoms with Gasteiger partial charge in [-0.3, -0.25) is 9.48 Å². The highest BCUT2D eigenvalue weighted by Crippen LogP contribution is 2.31. The molecule has 2 aromatic carbocycles. The molecule has 0 atom stereocenters. The summed E-state index contributed by atoms with van der Waals surface area (Å²) in [6, 6.07) is 16.9. The third-order valence-electron chi connectivity index (χ3n) is 6.42. The van der Waals surface area contributed by atoms with Gasteiger partial charge >= 0.3 is 0 Å². The second-order valence-electron chi connectivity index (χ2n) is 8.87. The van der Waals surface area contributed by atoms with E-state index in [1.165, 1.54) is 16.0 Å². The van der Waals surface area contributed by atoms with Gasteiger partial charge < -0.3 is 4.90 Å². The summed E-state index contributed by atoms with van der Waals surface area (Å²) in [5.74, 6) is 0.259. The van der Waals surface area contributed by atoms with Crippen LogP contribution in [0.5, 0.6) is 0 Å². The predicted octanol–water partition coefficient (Wildman–Crippen LogP) is 5.84. The van der Waals surface area contributed by atoms with E-state index in [1.807, 2.05) is 47.5 Å². The van der Waals surface area contributed by atoms with Crippen molar-refractivity contribution in [3.05, 3.63) is 82.1 Å². The Balaban J connectivity index is 1.36. The van der Waals surface area contributed by atoms with Gasteiger partial charge in [-0.25, -0.2) is 9.37 Å². The van der Waals surface area contributed by atoms with E-state index in [2.05, 4.69) is 11.9 Å². The Kier molecular flexibility index (Phi) is 6.28. The van der Waals surface area contributed by atoms with Crippen LogP contribution in [0.3, 0.4) is 0 Å². The minimum atomic E-state index is -0.238. The lowest BCUT2D eigenvalue weighted by Gasteiger charge is -2.31. The zero-order chi connectivity index (χ0) is 23.7. The van der Waals surface area contributed by atoms with E-state index in [1.54, 1.807) is 35.1 Å². The highest BCUT2D eigenvalue weighted by molar-refractivity contribution is 7.11. The van der Waals surface area contributed by atoms with Gasteiger partial charge in [0.15, 0.2) is 0 Å². The van der Waals surface area contributed by atoms with Crippen molar-refractivity contribution in [2.24, 2.45) is 0 Å². The van der Waals surface area contributed by atoms with Crippen molar-refractivity contribution in [2.75, 3.05) is 13.1 Å². The van der Waals surface area contributed by atoms with E-state index in [4.69, 9.17) is 5.10 Å². The van der Waals surface area contributed by atoms with Gasteiger partial charge in [-0.1, -0.05) is 30.3 Å². The van der Waals surface area contributed by atoms with Crippen LogP contribution in [0.15, 0.2) is 60.8 Å². The van der Waals surface area contributed by atoms with Gasteiger partial charge in [0.1, 0.15) is 12.4 Å². The molecule has 1 fully saturated rings. The smallest absolute Gasteiger partial charge is 0.244 e. The highest BCUT2D eigenvalue weighted by atomic mass is 32.1. The van der Waals surface area contributed by atoms with Gasteiger partial charge in [-0.2, -0.15) is 5.10 Å². The van der Waals surface area contributed by atoms with Crippen molar-refractivity contribution < 1.29 is 9.18 Å². The Morgan fingerprint density at radius 2 is 1.82 bits per heavy atom. The Labute approximate surface area is 202 Å². The maximum absolute atomic E-state index is 13.8. The average Bonchev–Trinajstić information content (AvgIpc) is 3.48. The molecule has 1 aliphatic rings. The maximum atomic E-state index is 13.8. The van der Waals surface area contributed by atoms with Crippen molar-refractivity contribution >= 4 is 17.2 Å². The van der Waals surface area contributed by atoms with Crippen molar-refractivity contribution in [3.63, 3.8) is 0 Å². The van der Waals surface area contributed by atoms with Crippen LogP contribution in [-0.4, -0.2) is 38.7 Å². The maximum Gasteiger partial charge on any atom is 0.244 e. The number of aromatic nitrogens is 3. The molecule has 0 unspecified atom stereocenters. The molecule has 0 bridgehead atoms. The quantitative estimate of drug-likeness (QED) is 0.365. The van der Waals surface area contributed by atoms with Crippen molar-refractivity contribution in [1.29, 1.82) is 0 Å². The molecule has 0 radical (unpaired) electrons. The lowest BCUT2D eigenvalue weighted by atomic mass is 9.97. The summed E-state index contributed by atoms with van der Waals surface area (Å²) in [6.45, 7) is 5.46. The predicted molar refractivity (Wildman–Crippen MR) is 133 cm³/mol. The van der Waals surface area contributed by atoms with Gasteiger partial charge in [0, 0.05) is 35.6 Å². The van der Waals surface area contributed by atoms with Crippen molar-refractivity contribution in [3.8, 4) is 22.5 Å². The van der Waals surface area contributed by atoms with Gasteiger partial charge in [0.05, 0.1) is 16.4 Å². The number of rotatable bonds is 5. The first kappa shape index (κ1) is 22.5. The number of hydrogen-bond donors (Lipinski definition) is 0. The summed E-state index contributed by atoms with van der Waals surface area (Å²) >= 11 is 1.76. The zero-order valence-corrected chi connectivity index (χ0v) is 20.2. The molecular formula is C27H27FN4OS. The first-order valence-corrected chi connectivity index (χ1v) is 12.4. The number of piperidine rings is 1. The van der Waals surface area contributed by atoms with Crippen LogP contribution in [0.1, 0.15) is 34.2 Å². The second kappa shape index (κ2) is 9.50. The topological polar surface area (TPSA) is 51.0 Å². The summed E-state index contributed by atoms with van der Waals surface area (Å²) in [6.07, 6.45) is 3.80.